The molecule has 0 aliphatic rings. The van der Waals surface area contributed by atoms with Crippen LogP contribution < -0.4 is 0 Å². The van der Waals surface area contributed by atoms with E-state index in [1.807, 2.05) is 38.1 Å². The van der Waals surface area contributed by atoms with E-state index < -0.39 is 0 Å². The predicted molar refractivity (Wildman–Crippen MR) is 59.6 cm³/mol. The molecular weight excluding hydrogens is 172 g/mol. The van der Waals surface area contributed by atoms with Crippen molar-refractivity contribution >= 4 is 6.08 Å². The van der Waals surface area contributed by atoms with Crippen LogP contribution in [0.4, 0.5) is 0 Å². The molecule has 0 saturated carbocycles. The first-order valence-electron chi connectivity index (χ1n) is 4.89. The van der Waals surface area contributed by atoms with Crippen molar-refractivity contribution in [2.45, 2.75) is 27.2 Å². The maximum absolute atomic E-state index is 8.50. The van der Waals surface area contributed by atoms with Crippen molar-refractivity contribution in [3.63, 3.8) is 0 Å². The summed E-state index contributed by atoms with van der Waals surface area (Å²) >= 11 is 0. The van der Waals surface area contributed by atoms with Crippen LogP contribution in [-0.4, -0.2) is 4.98 Å². The summed E-state index contributed by atoms with van der Waals surface area (Å²) in [6.45, 7) is 6.07. The molecule has 2 heteroatoms. The van der Waals surface area contributed by atoms with Gasteiger partial charge in [-0.15, -0.1) is 0 Å². The van der Waals surface area contributed by atoms with Crippen LogP contribution in [0.5, 0.6) is 0 Å². The Morgan fingerprint density at radius 1 is 1.43 bits per heavy atom. The zero-order valence-electron chi connectivity index (χ0n) is 8.99. The van der Waals surface area contributed by atoms with Gasteiger partial charge in [-0.1, -0.05) is 26.8 Å². The minimum atomic E-state index is 0.601. The van der Waals surface area contributed by atoms with Gasteiger partial charge in [-0.25, -0.2) is 0 Å². The molecule has 0 aliphatic heterocycles. The number of hydrogen-bond acceptors (Lipinski definition) is 2. The third-order valence-electron chi connectivity index (χ3n) is 1.44. The summed E-state index contributed by atoms with van der Waals surface area (Å²) in [6, 6.07) is 5.63. The van der Waals surface area contributed by atoms with E-state index in [0.717, 1.165) is 12.1 Å². The van der Waals surface area contributed by atoms with Gasteiger partial charge in [0.1, 0.15) is 6.07 Å². The minimum absolute atomic E-state index is 0.601. The van der Waals surface area contributed by atoms with Gasteiger partial charge in [0.05, 0.1) is 11.3 Å². The zero-order chi connectivity index (χ0) is 10.8. The topological polar surface area (TPSA) is 36.7 Å². The Morgan fingerprint density at radius 3 is 2.57 bits per heavy atom. The molecule has 0 saturated heterocycles. The molecule has 0 N–H and O–H groups in total. The van der Waals surface area contributed by atoms with E-state index in [4.69, 9.17) is 5.26 Å². The second kappa shape index (κ2) is 8.00. The lowest BCUT2D eigenvalue weighted by atomic mass is 10.2. The summed E-state index contributed by atoms with van der Waals surface area (Å²) in [5.74, 6) is 0. The highest BCUT2D eigenvalue weighted by Gasteiger charge is 1.89. The molecule has 0 fully saturated rings. The van der Waals surface area contributed by atoms with Gasteiger partial charge in [0, 0.05) is 6.20 Å². The number of nitrogens with zero attached hydrogens (tertiary/aromatic N) is 2. The molecule has 0 aliphatic carbocycles. The second-order valence-corrected chi connectivity index (χ2v) is 2.39. The Labute approximate surface area is 85.9 Å². The molecular formula is C12H16N2. The summed E-state index contributed by atoms with van der Waals surface area (Å²) in [6.07, 6.45) is 6.56. The molecule has 0 bridgehead atoms. The lowest BCUT2D eigenvalue weighted by Crippen LogP contribution is -1.81. The SMILES string of the molecule is CC.CC/C=C/c1ccc(C#N)cn1. The largest absolute Gasteiger partial charge is 0.256 e. The Balaban J connectivity index is 0.000000791. The summed E-state index contributed by atoms with van der Waals surface area (Å²) in [7, 11) is 0. The third-order valence-corrected chi connectivity index (χ3v) is 1.44. The molecule has 0 unspecified atom stereocenters. The highest BCUT2D eigenvalue weighted by molar-refractivity contribution is 5.45. The van der Waals surface area contributed by atoms with Gasteiger partial charge in [-0.2, -0.15) is 5.26 Å². The smallest absolute Gasteiger partial charge is 0.101 e. The van der Waals surface area contributed by atoms with Crippen molar-refractivity contribution in [1.82, 2.24) is 4.98 Å². The van der Waals surface area contributed by atoms with Gasteiger partial charge in [-0.3, -0.25) is 4.98 Å². The van der Waals surface area contributed by atoms with E-state index in [-0.39, 0.29) is 0 Å². The lowest BCUT2D eigenvalue weighted by molar-refractivity contribution is 1.22. The molecule has 0 atom stereocenters. The fourth-order valence-corrected chi connectivity index (χ4v) is 0.809. The molecule has 0 radical (unpaired) electrons. The predicted octanol–water partition coefficient (Wildman–Crippen LogP) is 3.40. The van der Waals surface area contributed by atoms with Crippen LogP contribution in [-0.2, 0) is 0 Å². The average Bonchev–Trinajstić information content (AvgIpc) is 2.30. The second-order valence-electron chi connectivity index (χ2n) is 2.39. The summed E-state index contributed by atoms with van der Waals surface area (Å²) in [4.78, 5) is 4.08. The van der Waals surface area contributed by atoms with Crippen molar-refractivity contribution in [3.8, 4) is 6.07 Å². The maximum atomic E-state index is 8.50. The normalized spacial score (nSPS) is 9.00. The standard InChI is InChI=1S/C10H10N2.C2H6/c1-2-3-4-10-6-5-9(7-11)8-12-10;1-2/h3-6,8H,2H2,1H3;1-2H3/b4-3+;. The fraction of sp³-hybridized carbons (Fsp3) is 0.333. The lowest BCUT2D eigenvalue weighted by Gasteiger charge is -1.90. The summed E-state index contributed by atoms with van der Waals surface area (Å²) in [5, 5.41) is 8.50. The summed E-state index contributed by atoms with van der Waals surface area (Å²) in [5.41, 5.74) is 1.50. The van der Waals surface area contributed by atoms with Gasteiger partial charge in [-0.05, 0) is 24.6 Å². The number of rotatable bonds is 2. The van der Waals surface area contributed by atoms with E-state index in [2.05, 4.69) is 11.9 Å². The van der Waals surface area contributed by atoms with Gasteiger partial charge in [0.2, 0.25) is 0 Å². The molecule has 0 aromatic carbocycles. The van der Waals surface area contributed by atoms with Crippen molar-refractivity contribution < 1.29 is 0 Å². The van der Waals surface area contributed by atoms with Gasteiger partial charge < -0.3 is 0 Å². The zero-order valence-corrected chi connectivity index (χ0v) is 8.99. The van der Waals surface area contributed by atoms with E-state index >= 15 is 0 Å². The van der Waals surface area contributed by atoms with Crippen LogP contribution in [0.25, 0.3) is 6.08 Å². The van der Waals surface area contributed by atoms with Crippen LogP contribution in [0.1, 0.15) is 38.4 Å². The first-order chi connectivity index (χ1) is 6.86. The fourth-order valence-electron chi connectivity index (χ4n) is 0.809. The van der Waals surface area contributed by atoms with Crippen LogP contribution in [0, 0.1) is 11.3 Å². The van der Waals surface area contributed by atoms with Crippen LogP contribution in [0.15, 0.2) is 24.4 Å². The number of hydrogen-bond donors (Lipinski definition) is 0. The van der Waals surface area contributed by atoms with Crippen molar-refractivity contribution in [2.75, 3.05) is 0 Å². The van der Waals surface area contributed by atoms with Crippen LogP contribution >= 0.6 is 0 Å². The Morgan fingerprint density at radius 2 is 2.14 bits per heavy atom. The van der Waals surface area contributed by atoms with Crippen LogP contribution in [0.3, 0.4) is 0 Å². The minimum Gasteiger partial charge on any atom is -0.256 e. The molecule has 14 heavy (non-hydrogen) atoms. The van der Waals surface area contributed by atoms with Crippen molar-refractivity contribution in [2.24, 2.45) is 0 Å². The molecule has 2 nitrogen and oxygen atoms in total. The highest BCUT2D eigenvalue weighted by Crippen LogP contribution is 2.00. The number of aromatic nitrogens is 1. The number of allylic oxidation sites excluding steroid dienone is 1. The third kappa shape index (κ3) is 4.42. The monoisotopic (exact) mass is 188 g/mol. The van der Waals surface area contributed by atoms with Crippen LogP contribution in [0.2, 0.25) is 0 Å². The molecule has 1 rings (SSSR count). The molecule has 0 amide bonds. The van der Waals surface area contributed by atoms with Gasteiger partial charge in [0.25, 0.3) is 0 Å². The van der Waals surface area contributed by atoms with Crippen molar-refractivity contribution in [3.05, 3.63) is 35.7 Å². The van der Waals surface area contributed by atoms with E-state index in [1.54, 1.807) is 12.3 Å². The number of nitriles is 1. The maximum Gasteiger partial charge on any atom is 0.101 e. The Hall–Kier alpha value is -1.62. The Bertz CT molecular complexity index is 304. The summed E-state index contributed by atoms with van der Waals surface area (Å²) < 4.78 is 0. The number of pyridine rings is 1. The van der Waals surface area contributed by atoms with E-state index in [0.29, 0.717) is 5.56 Å². The first-order valence-corrected chi connectivity index (χ1v) is 4.89. The van der Waals surface area contributed by atoms with Gasteiger partial charge in [0.15, 0.2) is 0 Å². The first kappa shape index (κ1) is 12.4. The Kier molecular flexibility index (Phi) is 7.07. The molecule has 74 valence electrons. The van der Waals surface area contributed by atoms with Crippen molar-refractivity contribution in [1.29, 1.82) is 5.26 Å². The average molecular weight is 188 g/mol. The quantitative estimate of drug-likeness (QED) is 0.713. The molecule has 0 spiro atoms. The van der Waals surface area contributed by atoms with Gasteiger partial charge >= 0.3 is 0 Å². The molecule has 1 aromatic rings. The van der Waals surface area contributed by atoms with E-state index in [9.17, 15) is 0 Å². The van der Waals surface area contributed by atoms with E-state index in [1.165, 1.54) is 0 Å². The molecule has 1 aromatic heterocycles. The highest BCUT2D eigenvalue weighted by atomic mass is 14.7. The molecule has 1 heterocycles.